The van der Waals surface area contributed by atoms with Crippen LogP contribution in [0.2, 0.25) is 0 Å². The zero-order chi connectivity index (χ0) is 17.1. The fourth-order valence-corrected chi connectivity index (χ4v) is 2.88. The molecule has 0 amide bonds. The maximum Gasteiger partial charge on any atom is 0.147 e. The van der Waals surface area contributed by atoms with Gasteiger partial charge >= 0.3 is 0 Å². The number of nitrogens with zero attached hydrogens (tertiary/aromatic N) is 2. The molecule has 24 heavy (non-hydrogen) atoms. The van der Waals surface area contributed by atoms with Gasteiger partial charge < -0.3 is 9.30 Å². The molecule has 0 spiro atoms. The SMILES string of the molecule is Cc1ccc(C)c(OCc2nc3ccccc3n2CCC(C)C)c1. The number of aromatic nitrogens is 2. The van der Waals surface area contributed by atoms with Crippen molar-refractivity contribution in [1.82, 2.24) is 9.55 Å². The summed E-state index contributed by atoms with van der Waals surface area (Å²) < 4.78 is 8.40. The molecule has 0 saturated heterocycles. The Hall–Kier alpha value is -2.29. The van der Waals surface area contributed by atoms with Crippen LogP contribution >= 0.6 is 0 Å². The van der Waals surface area contributed by atoms with E-state index in [-0.39, 0.29) is 0 Å². The molecule has 3 aromatic rings. The molecule has 0 saturated carbocycles. The molecule has 1 aromatic heterocycles. The molecule has 0 radical (unpaired) electrons. The Morgan fingerprint density at radius 3 is 2.67 bits per heavy atom. The molecule has 0 unspecified atom stereocenters. The van der Waals surface area contributed by atoms with Crippen molar-refractivity contribution >= 4 is 11.0 Å². The Bertz CT molecular complexity index is 833. The summed E-state index contributed by atoms with van der Waals surface area (Å²) in [4.78, 5) is 4.80. The highest BCUT2D eigenvalue weighted by molar-refractivity contribution is 5.75. The van der Waals surface area contributed by atoms with E-state index in [9.17, 15) is 0 Å². The first-order valence-corrected chi connectivity index (χ1v) is 8.69. The number of benzene rings is 2. The van der Waals surface area contributed by atoms with Crippen molar-refractivity contribution in [3.63, 3.8) is 0 Å². The number of aryl methyl sites for hydroxylation is 3. The van der Waals surface area contributed by atoms with Crippen LogP contribution in [0.3, 0.4) is 0 Å². The van der Waals surface area contributed by atoms with Crippen LogP contribution in [0, 0.1) is 19.8 Å². The molecule has 3 rings (SSSR count). The third-order valence-electron chi connectivity index (χ3n) is 4.36. The van der Waals surface area contributed by atoms with Gasteiger partial charge in [-0.1, -0.05) is 38.1 Å². The largest absolute Gasteiger partial charge is 0.485 e. The van der Waals surface area contributed by atoms with Crippen molar-refractivity contribution in [3.8, 4) is 5.75 Å². The first kappa shape index (κ1) is 16.6. The number of hydrogen-bond donors (Lipinski definition) is 0. The smallest absolute Gasteiger partial charge is 0.147 e. The van der Waals surface area contributed by atoms with Crippen molar-refractivity contribution in [3.05, 3.63) is 59.4 Å². The zero-order valence-corrected chi connectivity index (χ0v) is 15.0. The lowest BCUT2D eigenvalue weighted by atomic mass is 10.1. The quantitative estimate of drug-likeness (QED) is 0.617. The second-order valence-electron chi connectivity index (χ2n) is 6.91. The van der Waals surface area contributed by atoms with E-state index in [4.69, 9.17) is 9.72 Å². The van der Waals surface area contributed by atoms with Gasteiger partial charge in [-0.3, -0.25) is 0 Å². The number of fused-ring (bicyclic) bond motifs is 1. The van der Waals surface area contributed by atoms with Crippen LogP contribution in [-0.4, -0.2) is 9.55 Å². The van der Waals surface area contributed by atoms with Crippen molar-refractivity contribution in [2.75, 3.05) is 0 Å². The average Bonchev–Trinajstić information content (AvgIpc) is 2.91. The second-order valence-corrected chi connectivity index (χ2v) is 6.91. The van der Waals surface area contributed by atoms with Crippen LogP contribution < -0.4 is 4.74 Å². The molecule has 0 bridgehead atoms. The van der Waals surface area contributed by atoms with Gasteiger partial charge in [0.1, 0.15) is 18.2 Å². The Morgan fingerprint density at radius 2 is 1.88 bits per heavy atom. The summed E-state index contributed by atoms with van der Waals surface area (Å²) in [6, 6.07) is 14.6. The Labute approximate surface area is 144 Å². The highest BCUT2D eigenvalue weighted by Crippen LogP contribution is 2.22. The molecule has 3 nitrogen and oxygen atoms in total. The minimum absolute atomic E-state index is 0.497. The lowest BCUT2D eigenvalue weighted by molar-refractivity contribution is 0.286. The molecule has 2 aromatic carbocycles. The molecule has 3 heteroatoms. The van der Waals surface area contributed by atoms with E-state index in [1.165, 1.54) is 11.1 Å². The molecule has 0 N–H and O–H groups in total. The predicted molar refractivity (Wildman–Crippen MR) is 99.4 cm³/mol. The van der Waals surface area contributed by atoms with Crippen LogP contribution in [0.25, 0.3) is 11.0 Å². The van der Waals surface area contributed by atoms with Gasteiger partial charge in [0.05, 0.1) is 11.0 Å². The van der Waals surface area contributed by atoms with Gasteiger partial charge in [0.25, 0.3) is 0 Å². The number of imidazole rings is 1. The number of rotatable bonds is 6. The van der Waals surface area contributed by atoms with Gasteiger partial charge in [0, 0.05) is 6.54 Å². The Morgan fingerprint density at radius 1 is 1.08 bits per heavy atom. The van der Waals surface area contributed by atoms with Crippen molar-refractivity contribution in [1.29, 1.82) is 0 Å². The lowest BCUT2D eigenvalue weighted by Gasteiger charge is -2.13. The summed E-state index contributed by atoms with van der Waals surface area (Å²) in [5, 5.41) is 0. The molecular weight excluding hydrogens is 296 g/mol. The highest BCUT2D eigenvalue weighted by atomic mass is 16.5. The molecule has 0 atom stereocenters. The molecule has 0 aliphatic carbocycles. The number of ether oxygens (including phenoxy) is 1. The normalized spacial score (nSPS) is 11.4. The zero-order valence-electron chi connectivity index (χ0n) is 15.0. The third-order valence-corrected chi connectivity index (χ3v) is 4.36. The molecule has 0 aliphatic rings. The number of para-hydroxylation sites is 2. The van der Waals surface area contributed by atoms with Gasteiger partial charge in [-0.15, -0.1) is 0 Å². The fraction of sp³-hybridized carbons (Fsp3) is 0.381. The monoisotopic (exact) mass is 322 g/mol. The maximum atomic E-state index is 6.10. The highest BCUT2D eigenvalue weighted by Gasteiger charge is 2.12. The predicted octanol–water partition coefficient (Wildman–Crippen LogP) is 5.28. The van der Waals surface area contributed by atoms with Crippen LogP contribution in [0.1, 0.15) is 37.2 Å². The van der Waals surface area contributed by atoms with E-state index < -0.39 is 0 Å². The summed E-state index contributed by atoms with van der Waals surface area (Å²) in [6.07, 6.45) is 1.14. The van der Waals surface area contributed by atoms with E-state index in [0.717, 1.165) is 35.6 Å². The van der Waals surface area contributed by atoms with E-state index in [2.05, 4.69) is 68.7 Å². The first-order valence-electron chi connectivity index (χ1n) is 8.69. The lowest BCUT2D eigenvalue weighted by Crippen LogP contribution is -2.09. The summed E-state index contributed by atoms with van der Waals surface area (Å²) in [5.74, 6) is 2.61. The average molecular weight is 322 g/mol. The van der Waals surface area contributed by atoms with E-state index in [0.29, 0.717) is 12.5 Å². The van der Waals surface area contributed by atoms with Gasteiger partial charge in [0.2, 0.25) is 0 Å². The minimum atomic E-state index is 0.497. The summed E-state index contributed by atoms with van der Waals surface area (Å²) in [7, 11) is 0. The van der Waals surface area contributed by atoms with Crippen LogP contribution in [0.5, 0.6) is 5.75 Å². The van der Waals surface area contributed by atoms with E-state index in [1.54, 1.807) is 0 Å². The molecule has 1 heterocycles. The molecule has 0 fully saturated rings. The maximum absolute atomic E-state index is 6.10. The Balaban J connectivity index is 1.87. The molecule has 126 valence electrons. The second kappa shape index (κ2) is 7.08. The fourth-order valence-electron chi connectivity index (χ4n) is 2.88. The van der Waals surface area contributed by atoms with Gasteiger partial charge in [-0.25, -0.2) is 4.98 Å². The summed E-state index contributed by atoms with van der Waals surface area (Å²) in [6.45, 7) is 10.2. The Kier molecular flexibility index (Phi) is 4.89. The van der Waals surface area contributed by atoms with Crippen LogP contribution in [0.15, 0.2) is 42.5 Å². The topological polar surface area (TPSA) is 27.1 Å². The van der Waals surface area contributed by atoms with Crippen molar-refractivity contribution < 1.29 is 4.74 Å². The van der Waals surface area contributed by atoms with Crippen LogP contribution in [0.4, 0.5) is 0 Å². The number of hydrogen-bond acceptors (Lipinski definition) is 2. The first-order chi connectivity index (χ1) is 11.5. The van der Waals surface area contributed by atoms with E-state index >= 15 is 0 Å². The summed E-state index contributed by atoms with van der Waals surface area (Å²) >= 11 is 0. The van der Waals surface area contributed by atoms with Crippen molar-refractivity contribution in [2.24, 2.45) is 5.92 Å². The van der Waals surface area contributed by atoms with Crippen LogP contribution in [-0.2, 0) is 13.2 Å². The summed E-state index contributed by atoms with van der Waals surface area (Å²) in [5.41, 5.74) is 4.60. The molecular formula is C21H26N2O. The molecule has 0 aliphatic heterocycles. The van der Waals surface area contributed by atoms with Gasteiger partial charge in [-0.05, 0) is 55.5 Å². The standard InChI is InChI=1S/C21H26N2O/c1-15(2)11-12-23-19-8-6-5-7-18(19)22-21(23)14-24-20-13-16(3)9-10-17(20)4/h5-10,13,15H,11-12,14H2,1-4H3. The minimum Gasteiger partial charge on any atom is -0.485 e. The third kappa shape index (κ3) is 3.61. The van der Waals surface area contributed by atoms with Gasteiger partial charge in [-0.2, -0.15) is 0 Å². The van der Waals surface area contributed by atoms with Gasteiger partial charge in [0.15, 0.2) is 0 Å². The van der Waals surface area contributed by atoms with Crippen molar-refractivity contribution in [2.45, 2.75) is 47.3 Å². The van der Waals surface area contributed by atoms with E-state index in [1.807, 2.05) is 6.07 Å².